The van der Waals surface area contributed by atoms with Gasteiger partial charge in [0.1, 0.15) is 10.8 Å². The molecule has 194 valence electrons. The number of amides is 1. The first-order valence-electron chi connectivity index (χ1n) is 12.0. The number of nitrogens with zero attached hydrogens (tertiary/aromatic N) is 4. The van der Waals surface area contributed by atoms with E-state index >= 15 is 0 Å². The molecule has 10 heteroatoms. The standard InChI is InChI=1S/C27H32ClN7O2/c1-17(25(29)36)20-7-5-6-8-22(20)31-26-21(28)16-30-27(33-26)32-23-10-9-19(15-24(23)37-4)35-13-11-18(12-14-35)34(2)3/h5-10,15-16,18H,1,11-14H2,2-4H3,(H2,29,36)(H2,30,31,32,33). The molecule has 2 aromatic carbocycles. The van der Waals surface area contributed by atoms with E-state index in [9.17, 15) is 4.79 Å². The third-order valence-corrected chi connectivity index (χ3v) is 6.81. The van der Waals surface area contributed by atoms with E-state index in [4.69, 9.17) is 22.1 Å². The summed E-state index contributed by atoms with van der Waals surface area (Å²) < 4.78 is 5.67. The Morgan fingerprint density at radius 1 is 1.16 bits per heavy atom. The molecular weight excluding hydrogens is 490 g/mol. The van der Waals surface area contributed by atoms with Crippen molar-refractivity contribution in [3.05, 3.63) is 65.8 Å². The predicted octanol–water partition coefficient (Wildman–Crippen LogP) is 4.65. The summed E-state index contributed by atoms with van der Waals surface area (Å²) in [7, 11) is 5.92. The summed E-state index contributed by atoms with van der Waals surface area (Å²) in [6.45, 7) is 5.78. The van der Waals surface area contributed by atoms with Crippen molar-refractivity contribution in [2.45, 2.75) is 18.9 Å². The van der Waals surface area contributed by atoms with Crippen molar-refractivity contribution in [1.29, 1.82) is 0 Å². The van der Waals surface area contributed by atoms with Gasteiger partial charge in [-0.1, -0.05) is 36.4 Å². The highest BCUT2D eigenvalue weighted by molar-refractivity contribution is 6.33. The van der Waals surface area contributed by atoms with Crippen LogP contribution in [0, 0.1) is 0 Å². The lowest BCUT2D eigenvalue weighted by atomic mass is 10.0. The van der Waals surface area contributed by atoms with Crippen LogP contribution < -0.4 is 26.0 Å². The number of nitrogens with two attached hydrogens (primary N) is 1. The van der Waals surface area contributed by atoms with Crippen LogP contribution in [0.2, 0.25) is 5.02 Å². The van der Waals surface area contributed by atoms with Crippen LogP contribution in [-0.2, 0) is 4.79 Å². The number of hydrogen-bond donors (Lipinski definition) is 3. The molecule has 0 atom stereocenters. The van der Waals surface area contributed by atoms with Crippen molar-refractivity contribution in [3.63, 3.8) is 0 Å². The predicted molar refractivity (Wildman–Crippen MR) is 150 cm³/mol. The Labute approximate surface area is 222 Å². The van der Waals surface area contributed by atoms with Gasteiger partial charge in [0.15, 0.2) is 5.82 Å². The average Bonchev–Trinajstić information content (AvgIpc) is 2.90. The smallest absolute Gasteiger partial charge is 0.248 e. The largest absolute Gasteiger partial charge is 0.494 e. The summed E-state index contributed by atoms with van der Waals surface area (Å²) in [5.74, 6) is 0.769. The molecule has 0 bridgehead atoms. The molecular formula is C27H32ClN7O2. The average molecular weight is 522 g/mol. The van der Waals surface area contributed by atoms with Gasteiger partial charge in [-0.05, 0) is 45.1 Å². The van der Waals surface area contributed by atoms with Gasteiger partial charge in [-0.25, -0.2) is 4.98 Å². The van der Waals surface area contributed by atoms with Crippen molar-refractivity contribution in [2.24, 2.45) is 5.73 Å². The van der Waals surface area contributed by atoms with Gasteiger partial charge >= 0.3 is 0 Å². The number of rotatable bonds is 9. The molecule has 0 aliphatic carbocycles. The van der Waals surface area contributed by atoms with Gasteiger partial charge in [-0.3, -0.25) is 4.79 Å². The Balaban J connectivity index is 1.53. The number of carbonyl (C=O) groups is 1. The first-order valence-corrected chi connectivity index (χ1v) is 12.4. The topological polar surface area (TPSA) is 109 Å². The van der Waals surface area contributed by atoms with E-state index in [1.54, 1.807) is 25.3 Å². The molecule has 0 unspecified atom stereocenters. The highest BCUT2D eigenvalue weighted by Crippen LogP contribution is 2.34. The number of piperidine rings is 1. The number of primary amides is 1. The summed E-state index contributed by atoms with van der Waals surface area (Å²) in [4.78, 5) is 25.2. The zero-order chi connectivity index (χ0) is 26.5. The van der Waals surface area contributed by atoms with Crippen LogP contribution in [0.3, 0.4) is 0 Å². The number of carbonyl (C=O) groups excluding carboxylic acids is 1. The normalized spacial score (nSPS) is 13.9. The van der Waals surface area contributed by atoms with Crippen molar-refractivity contribution in [3.8, 4) is 5.75 Å². The molecule has 0 radical (unpaired) electrons. The molecule has 37 heavy (non-hydrogen) atoms. The van der Waals surface area contributed by atoms with Crippen molar-refractivity contribution >= 4 is 51.9 Å². The lowest BCUT2D eigenvalue weighted by Crippen LogP contribution is -2.41. The van der Waals surface area contributed by atoms with Gasteiger partial charge in [-0.2, -0.15) is 4.98 Å². The lowest BCUT2D eigenvalue weighted by molar-refractivity contribution is -0.112. The fourth-order valence-corrected chi connectivity index (χ4v) is 4.51. The van der Waals surface area contributed by atoms with Crippen LogP contribution in [0.15, 0.2) is 55.2 Å². The number of methoxy groups -OCH3 is 1. The SMILES string of the molecule is C=C(C(N)=O)c1ccccc1Nc1nc(Nc2ccc(N3CCC(N(C)C)CC3)cc2OC)ncc1Cl. The Bertz CT molecular complexity index is 1290. The van der Waals surface area contributed by atoms with Gasteiger partial charge in [0, 0.05) is 47.7 Å². The maximum atomic E-state index is 11.7. The van der Waals surface area contributed by atoms with E-state index < -0.39 is 5.91 Å². The molecule has 1 fully saturated rings. The Morgan fingerprint density at radius 2 is 1.89 bits per heavy atom. The second-order valence-corrected chi connectivity index (χ2v) is 9.50. The summed E-state index contributed by atoms with van der Waals surface area (Å²) in [5, 5.41) is 6.70. The van der Waals surface area contributed by atoms with Gasteiger partial charge in [0.05, 0.1) is 19.0 Å². The third kappa shape index (κ3) is 6.12. The zero-order valence-corrected chi connectivity index (χ0v) is 22.0. The Morgan fingerprint density at radius 3 is 2.57 bits per heavy atom. The molecule has 9 nitrogen and oxygen atoms in total. The quantitative estimate of drug-likeness (QED) is 0.349. The summed E-state index contributed by atoms with van der Waals surface area (Å²) in [6.07, 6.45) is 3.75. The minimum absolute atomic E-state index is 0.183. The second-order valence-electron chi connectivity index (χ2n) is 9.09. The first kappa shape index (κ1) is 26.2. The third-order valence-electron chi connectivity index (χ3n) is 6.54. The molecule has 1 aliphatic heterocycles. The first-order chi connectivity index (χ1) is 17.8. The molecule has 1 aliphatic rings. The van der Waals surface area contributed by atoms with E-state index in [0.29, 0.717) is 39.8 Å². The van der Waals surface area contributed by atoms with Gasteiger partial charge in [0.2, 0.25) is 11.9 Å². The van der Waals surface area contributed by atoms with Crippen molar-refractivity contribution < 1.29 is 9.53 Å². The summed E-state index contributed by atoms with van der Waals surface area (Å²) in [6, 6.07) is 13.8. The number of aromatic nitrogens is 2. The van der Waals surface area contributed by atoms with Crippen molar-refractivity contribution in [2.75, 3.05) is 49.8 Å². The fraction of sp³-hybridized carbons (Fsp3) is 0.296. The van der Waals surface area contributed by atoms with Crippen molar-refractivity contribution in [1.82, 2.24) is 14.9 Å². The summed E-state index contributed by atoms with van der Waals surface area (Å²) in [5.41, 5.74) is 8.61. The van der Waals surface area contributed by atoms with Crippen LogP contribution in [-0.4, -0.2) is 61.1 Å². The van der Waals surface area contributed by atoms with Crippen LogP contribution in [0.1, 0.15) is 18.4 Å². The molecule has 1 saturated heterocycles. The minimum Gasteiger partial charge on any atom is -0.494 e. The van der Waals surface area contributed by atoms with Crippen LogP contribution in [0.4, 0.5) is 28.8 Å². The van der Waals surface area contributed by atoms with Crippen LogP contribution >= 0.6 is 11.6 Å². The number of anilines is 5. The number of nitrogens with one attached hydrogen (secondary N) is 2. The highest BCUT2D eigenvalue weighted by Gasteiger charge is 2.21. The lowest BCUT2D eigenvalue weighted by Gasteiger charge is -2.36. The number of ether oxygens (including phenoxy) is 1. The molecule has 3 aromatic rings. The molecule has 2 heterocycles. The molecule has 1 aromatic heterocycles. The monoisotopic (exact) mass is 521 g/mol. The van der Waals surface area contributed by atoms with Crippen LogP contribution in [0.25, 0.3) is 5.57 Å². The minimum atomic E-state index is -0.608. The number of halogens is 1. The van der Waals surface area contributed by atoms with E-state index in [1.807, 2.05) is 18.2 Å². The number of hydrogen-bond acceptors (Lipinski definition) is 8. The molecule has 4 rings (SSSR count). The Hall–Kier alpha value is -3.82. The molecule has 0 spiro atoms. The molecule has 1 amide bonds. The maximum Gasteiger partial charge on any atom is 0.248 e. The van der Waals surface area contributed by atoms with E-state index in [0.717, 1.165) is 37.3 Å². The van der Waals surface area contributed by atoms with E-state index in [1.165, 1.54) is 6.20 Å². The number of benzene rings is 2. The maximum absolute atomic E-state index is 11.7. The van der Waals surface area contributed by atoms with Gasteiger partial charge < -0.3 is 30.9 Å². The zero-order valence-electron chi connectivity index (χ0n) is 21.3. The molecule has 4 N–H and O–H groups in total. The van der Waals surface area contributed by atoms with Gasteiger partial charge in [0.25, 0.3) is 0 Å². The van der Waals surface area contributed by atoms with E-state index in [-0.39, 0.29) is 5.57 Å². The Kier molecular flexibility index (Phi) is 8.15. The fourth-order valence-electron chi connectivity index (χ4n) is 4.37. The van der Waals surface area contributed by atoms with E-state index in [2.05, 4.69) is 57.1 Å². The van der Waals surface area contributed by atoms with Gasteiger partial charge in [-0.15, -0.1) is 0 Å². The van der Waals surface area contributed by atoms with Crippen LogP contribution in [0.5, 0.6) is 5.75 Å². The molecule has 0 saturated carbocycles. The second kappa shape index (κ2) is 11.5. The number of para-hydroxylation sites is 1. The highest BCUT2D eigenvalue weighted by atomic mass is 35.5. The summed E-state index contributed by atoms with van der Waals surface area (Å²) >= 11 is 6.38.